The van der Waals surface area contributed by atoms with Crippen LogP contribution in [-0.2, 0) is 0 Å². The molecule has 0 aromatic rings. The minimum atomic E-state index is -0.0257. The first-order valence-corrected chi connectivity index (χ1v) is 7.36. The molecule has 0 rings (SSSR count). The molecule has 0 spiro atoms. The maximum Gasteiger partial charge on any atom is 0.135 e. The molecule has 12 heavy (non-hydrogen) atoms. The minimum Gasteiger partial charge on any atom is -0.0638 e. The molecule has 0 aromatic carbocycles. The summed E-state index contributed by atoms with van der Waals surface area (Å²) in [5.41, 5.74) is 0. The third-order valence-electron chi connectivity index (χ3n) is 1.64. The van der Waals surface area contributed by atoms with E-state index in [2.05, 4.69) is 58.0 Å². The smallest absolute Gasteiger partial charge is 0.0638 e. The van der Waals surface area contributed by atoms with Crippen LogP contribution in [0.15, 0.2) is 0 Å². The zero-order valence-corrected chi connectivity index (χ0v) is 12.8. The van der Waals surface area contributed by atoms with E-state index in [1.807, 2.05) is 0 Å². The molecule has 4 heteroatoms. The van der Waals surface area contributed by atoms with Crippen LogP contribution in [0, 0.1) is 0 Å². The zero-order valence-electron chi connectivity index (χ0n) is 7.08. The summed E-state index contributed by atoms with van der Waals surface area (Å²) in [6.07, 6.45) is 7.73. The standard InChI is InChI=1S/C8H14Br3Si/c9-8(10,11)6-4-2-1-3-5-7-12/h1-7H2. The van der Waals surface area contributed by atoms with Crippen LogP contribution >= 0.6 is 47.8 Å². The Labute approximate surface area is 104 Å². The predicted octanol–water partition coefficient (Wildman–Crippen LogP) is 4.75. The number of halogens is 3. The molecule has 0 saturated heterocycles. The van der Waals surface area contributed by atoms with Crippen molar-refractivity contribution in [3.8, 4) is 0 Å². The highest BCUT2D eigenvalue weighted by Gasteiger charge is 2.15. The summed E-state index contributed by atoms with van der Waals surface area (Å²) >= 11 is 10.5. The van der Waals surface area contributed by atoms with E-state index < -0.39 is 0 Å². The van der Waals surface area contributed by atoms with Crippen molar-refractivity contribution in [3.63, 3.8) is 0 Å². The highest BCUT2D eigenvalue weighted by atomic mass is 80.0. The summed E-state index contributed by atoms with van der Waals surface area (Å²) in [7, 11) is 3.47. The van der Waals surface area contributed by atoms with Crippen molar-refractivity contribution in [1.82, 2.24) is 0 Å². The van der Waals surface area contributed by atoms with Crippen LogP contribution in [0.4, 0.5) is 0 Å². The van der Waals surface area contributed by atoms with Crippen LogP contribution < -0.4 is 0 Å². The highest BCUT2D eigenvalue weighted by molar-refractivity contribution is 9.39. The zero-order chi connectivity index (χ0) is 9.45. The number of alkyl halides is 3. The average Bonchev–Trinajstić information content (AvgIpc) is 1.94. The lowest BCUT2D eigenvalue weighted by atomic mass is 10.1. The summed E-state index contributed by atoms with van der Waals surface area (Å²) < 4.78 is -0.0257. The van der Waals surface area contributed by atoms with Crippen molar-refractivity contribution >= 4 is 58.0 Å². The molecule has 0 aliphatic heterocycles. The highest BCUT2D eigenvalue weighted by Crippen LogP contribution is 2.38. The van der Waals surface area contributed by atoms with Crippen LogP contribution in [0.2, 0.25) is 6.04 Å². The van der Waals surface area contributed by atoms with Gasteiger partial charge >= 0.3 is 0 Å². The molecule has 71 valence electrons. The normalized spacial score (nSPS) is 12.0. The fraction of sp³-hybridized carbons (Fsp3) is 1.00. The Morgan fingerprint density at radius 1 is 0.833 bits per heavy atom. The first-order valence-electron chi connectivity index (χ1n) is 4.27. The molecule has 0 fully saturated rings. The van der Waals surface area contributed by atoms with E-state index in [4.69, 9.17) is 0 Å². The van der Waals surface area contributed by atoms with Gasteiger partial charge in [0.25, 0.3) is 0 Å². The Kier molecular flexibility index (Phi) is 9.11. The summed E-state index contributed by atoms with van der Waals surface area (Å²) in [6.45, 7) is 0. The second-order valence-corrected chi connectivity index (χ2v) is 10.6. The Balaban J connectivity index is 3.01. The molecule has 0 saturated carbocycles. The van der Waals surface area contributed by atoms with Gasteiger partial charge in [-0.3, -0.25) is 0 Å². The van der Waals surface area contributed by atoms with Gasteiger partial charge in [0.15, 0.2) is 0 Å². The quantitative estimate of drug-likeness (QED) is 0.356. The minimum absolute atomic E-state index is 0.0257. The molecule has 0 unspecified atom stereocenters. The number of hydrogen-bond acceptors (Lipinski definition) is 0. The van der Waals surface area contributed by atoms with Crippen LogP contribution in [-0.4, -0.2) is 12.4 Å². The van der Waals surface area contributed by atoms with Gasteiger partial charge in [0.05, 0.1) is 0 Å². The van der Waals surface area contributed by atoms with Crippen molar-refractivity contribution in [3.05, 3.63) is 0 Å². The van der Waals surface area contributed by atoms with Gasteiger partial charge in [0.1, 0.15) is 2.14 Å². The van der Waals surface area contributed by atoms with E-state index in [9.17, 15) is 0 Å². The van der Waals surface area contributed by atoms with Crippen molar-refractivity contribution in [2.24, 2.45) is 0 Å². The fourth-order valence-corrected chi connectivity index (χ4v) is 2.07. The number of hydrogen-bond donors (Lipinski definition) is 0. The molecule has 0 aliphatic rings. The molecule has 0 heterocycles. The van der Waals surface area contributed by atoms with Crippen molar-refractivity contribution in [2.75, 3.05) is 0 Å². The lowest BCUT2D eigenvalue weighted by Gasteiger charge is -2.10. The van der Waals surface area contributed by atoms with Crippen molar-refractivity contribution in [1.29, 1.82) is 0 Å². The SMILES string of the molecule is [Si]CCCCCCCC(Br)(Br)Br. The van der Waals surface area contributed by atoms with Gasteiger partial charge in [-0.2, -0.15) is 0 Å². The second-order valence-electron chi connectivity index (χ2n) is 2.88. The molecule has 0 nitrogen and oxygen atoms in total. The molecular weight excluding hydrogens is 364 g/mol. The molecule has 3 radical (unpaired) electrons. The van der Waals surface area contributed by atoms with E-state index in [1.54, 1.807) is 0 Å². The van der Waals surface area contributed by atoms with E-state index in [0.29, 0.717) is 0 Å². The Bertz CT molecular complexity index is 101. The molecule has 0 aliphatic carbocycles. The van der Waals surface area contributed by atoms with Gasteiger partial charge in [-0.1, -0.05) is 85.9 Å². The van der Waals surface area contributed by atoms with E-state index >= 15 is 0 Å². The largest absolute Gasteiger partial charge is 0.135 e. The molecule has 0 aromatic heterocycles. The van der Waals surface area contributed by atoms with Crippen molar-refractivity contribution in [2.45, 2.75) is 46.7 Å². The van der Waals surface area contributed by atoms with E-state index in [0.717, 1.165) is 12.5 Å². The second kappa shape index (κ2) is 8.01. The summed E-state index contributed by atoms with van der Waals surface area (Å²) in [5, 5.41) is 0. The summed E-state index contributed by atoms with van der Waals surface area (Å²) in [5.74, 6) is 0. The fourth-order valence-electron chi connectivity index (χ4n) is 0.981. The van der Waals surface area contributed by atoms with Crippen LogP contribution in [0.1, 0.15) is 38.5 Å². The van der Waals surface area contributed by atoms with Crippen LogP contribution in [0.5, 0.6) is 0 Å². The van der Waals surface area contributed by atoms with Gasteiger partial charge in [-0.25, -0.2) is 0 Å². The lowest BCUT2D eigenvalue weighted by molar-refractivity contribution is 0.621. The predicted molar refractivity (Wildman–Crippen MR) is 67.8 cm³/mol. The van der Waals surface area contributed by atoms with Crippen LogP contribution in [0.3, 0.4) is 0 Å². The molecule has 0 atom stereocenters. The summed E-state index contributed by atoms with van der Waals surface area (Å²) in [4.78, 5) is 0. The molecular formula is C8H14Br3Si. The maximum atomic E-state index is 3.49. The van der Waals surface area contributed by atoms with Gasteiger partial charge in [0.2, 0.25) is 0 Å². The molecule has 0 bridgehead atoms. The van der Waals surface area contributed by atoms with E-state index in [1.165, 1.54) is 32.1 Å². The van der Waals surface area contributed by atoms with Crippen molar-refractivity contribution < 1.29 is 0 Å². The maximum absolute atomic E-state index is 3.49. The average molecular weight is 378 g/mol. The first kappa shape index (κ1) is 13.7. The third kappa shape index (κ3) is 11.7. The Morgan fingerprint density at radius 3 is 1.83 bits per heavy atom. The topological polar surface area (TPSA) is 0 Å². The Morgan fingerprint density at radius 2 is 1.33 bits per heavy atom. The van der Waals surface area contributed by atoms with Gasteiger partial charge in [0, 0.05) is 10.2 Å². The molecule has 0 amide bonds. The Hall–Kier alpha value is 1.66. The van der Waals surface area contributed by atoms with Gasteiger partial charge in [-0.05, 0) is 6.42 Å². The van der Waals surface area contributed by atoms with Crippen LogP contribution in [0.25, 0.3) is 0 Å². The summed E-state index contributed by atoms with van der Waals surface area (Å²) in [6, 6.07) is 1.14. The van der Waals surface area contributed by atoms with Gasteiger partial charge < -0.3 is 0 Å². The van der Waals surface area contributed by atoms with Gasteiger partial charge in [-0.15, -0.1) is 0 Å². The number of rotatable bonds is 6. The monoisotopic (exact) mass is 375 g/mol. The molecule has 0 N–H and O–H groups in total. The first-order chi connectivity index (χ1) is 5.56. The lowest BCUT2D eigenvalue weighted by Crippen LogP contribution is -1.97. The van der Waals surface area contributed by atoms with E-state index in [-0.39, 0.29) is 2.14 Å². The number of unbranched alkanes of at least 4 members (excludes halogenated alkanes) is 4. The third-order valence-corrected chi connectivity index (χ3v) is 3.18.